The molecule has 0 saturated carbocycles. The zero-order chi connectivity index (χ0) is 19.9. The van der Waals surface area contributed by atoms with Gasteiger partial charge in [-0.15, -0.1) is 0 Å². The molecule has 2 aromatic rings. The monoisotopic (exact) mass is 382 g/mol. The minimum Gasteiger partial charge on any atom is -0.497 e. The number of quaternary nitrogens is 1. The minimum atomic E-state index is -0.253. The van der Waals surface area contributed by atoms with E-state index in [0.717, 1.165) is 23.6 Å². The highest BCUT2D eigenvalue weighted by molar-refractivity contribution is 6.01. The molecular weight excluding hydrogens is 354 g/mol. The number of amides is 1. The molecule has 6 nitrogen and oxygen atoms in total. The van der Waals surface area contributed by atoms with E-state index in [-0.39, 0.29) is 5.91 Å². The summed E-state index contributed by atoms with van der Waals surface area (Å²) in [6, 6.07) is 13.0. The molecule has 1 aliphatic heterocycles. The molecular formula is C22H28N3O3+. The van der Waals surface area contributed by atoms with Crippen molar-refractivity contribution in [2.75, 3.05) is 27.3 Å². The van der Waals surface area contributed by atoms with Gasteiger partial charge in [-0.25, -0.2) is 5.43 Å². The van der Waals surface area contributed by atoms with E-state index in [4.69, 9.17) is 9.47 Å². The Labute approximate surface area is 166 Å². The summed E-state index contributed by atoms with van der Waals surface area (Å²) in [5.74, 6) is 1.36. The second kappa shape index (κ2) is 9.37. The zero-order valence-corrected chi connectivity index (χ0v) is 16.7. The molecule has 0 unspecified atom stereocenters. The maximum Gasteiger partial charge on any atom is 0.271 e. The Morgan fingerprint density at radius 3 is 2.36 bits per heavy atom. The van der Waals surface area contributed by atoms with Crippen LogP contribution in [-0.4, -0.2) is 38.9 Å². The largest absolute Gasteiger partial charge is 0.497 e. The quantitative estimate of drug-likeness (QED) is 0.569. The Morgan fingerprint density at radius 1 is 1.04 bits per heavy atom. The molecule has 1 aliphatic rings. The van der Waals surface area contributed by atoms with Gasteiger partial charge >= 0.3 is 0 Å². The van der Waals surface area contributed by atoms with Crippen LogP contribution in [0.15, 0.2) is 47.6 Å². The number of nitrogens with one attached hydrogen (secondary N) is 2. The SMILES string of the molecule is COc1ccc(C(=O)N/N=C(/C)c2ccc(OC)c(C[NH+]3CCCC3)c2)cc1. The van der Waals surface area contributed by atoms with Crippen LogP contribution in [0, 0.1) is 0 Å². The van der Waals surface area contributed by atoms with Crippen molar-refractivity contribution in [3.8, 4) is 11.5 Å². The van der Waals surface area contributed by atoms with Gasteiger partial charge in [0.05, 0.1) is 33.0 Å². The van der Waals surface area contributed by atoms with E-state index in [0.29, 0.717) is 11.3 Å². The molecule has 6 heteroatoms. The van der Waals surface area contributed by atoms with Crippen molar-refractivity contribution in [1.29, 1.82) is 0 Å². The third kappa shape index (κ3) is 4.89. The molecule has 2 aromatic carbocycles. The molecule has 0 radical (unpaired) electrons. The third-order valence-corrected chi connectivity index (χ3v) is 5.13. The first-order valence-corrected chi connectivity index (χ1v) is 9.60. The maximum absolute atomic E-state index is 12.3. The van der Waals surface area contributed by atoms with Gasteiger partial charge in [-0.3, -0.25) is 4.79 Å². The molecule has 28 heavy (non-hydrogen) atoms. The molecule has 1 saturated heterocycles. The second-order valence-electron chi connectivity index (χ2n) is 7.03. The smallest absolute Gasteiger partial charge is 0.271 e. The number of hydrogen-bond acceptors (Lipinski definition) is 4. The van der Waals surface area contributed by atoms with Crippen molar-refractivity contribution in [2.45, 2.75) is 26.3 Å². The number of rotatable bonds is 7. The highest BCUT2D eigenvalue weighted by Gasteiger charge is 2.18. The van der Waals surface area contributed by atoms with Crippen LogP contribution in [-0.2, 0) is 6.54 Å². The molecule has 148 valence electrons. The van der Waals surface area contributed by atoms with E-state index >= 15 is 0 Å². The number of carbonyl (C=O) groups is 1. The summed E-state index contributed by atoms with van der Waals surface area (Å²) >= 11 is 0. The van der Waals surface area contributed by atoms with Crippen molar-refractivity contribution in [3.63, 3.8) is 0 Å². The summed E-state index contributed by atoms with van der Waals surface area (Å²) < 4.78 is 10.6. The molecule has 1 fully saturated rings. The van der Waals surface area contributed by atoms with Crippen LogP contribution in [0.1, 0.15) is 41.3 Å². The van der Waals surface area contributed by atoms with E-state index in [1.807, 2.05) is 19.1 Å². The summed E-state index contributed by atoms with van der Waals surface area (Å²) in [5.41, 5.74) is 6.06. The van der Waals surface area contributed by atoms with Gasteiger partial charge in [0, 0.05) is 24.0 Å². The first-order valence-electron chi connectivity index (χ1n) is 9.60. The van der Waals surface area contributed by atoms with Gasteiger partial charge in [-0.2, -0.15) is 5.10 Å². The van der Waals surface area contributed by atoms with Crippen LogP contribution in [0.2, 0.25) is 0 Å². The summed E-state index contributed by atoms with van der Waals surface area (Å²) in [6.45, 7) is 5.25. The first kappa shape index (κ1) is 19.9. The number of benzene rings is 2. The predicted molar refractivity (Wildman–Crippen MR) is 109 cm³/mol. The lowest BCUT2D eigenvalue weighted by Gasteiger charge is -2.15. The van der Waals surface area contributed by atoms with Crippen LogP contribution in [0.4, 0.5) is 0 Å². The van der Waals surface area contributed by atoms with Crippen molar-refractivity contribution >= 4 is 11.6 Å². The molecule has 3 rings (SSSR count). The van der Waals surface area contributed by atoms with Crippen LogP contribution in [0.25, 0.3) is 0 Å². The summed E-state index contributed by atoms with van der Waals surface area (Å²) in [7, 11) is 3.30. The van der Waals surface area contributed by atoms with E-state index < -0.39 is 0 Å². The Balaban J connectivity index is 1.71. The Bertz CT molecular complexity index is 841. The Hall–Kier alpha value is -2.86. The van der Waals surface area contributed by atoms with Crippen LogP contribution in [0.5, 0.6) is 11.5 Å². The number of ether oxygens (including phenoxy) is 2. The zero-order valence-electron chi connectivity index (χ0n) is 16.7. The Kier molecular flexibility index (Phi) is 6.66. The van der Waals surface area contributed by atoms with Gasteiger partial charge in [0.15, 0.2) is 0 Å². The van der Waals surface area contributed by atoms with Gasteiger partial charge in [0.2, 0.25) is 0 Å². The number of nitrogens with zero attached hydrogens (tertiary/aromatic N) is 1. The normalized spacial score (nSPS) is 14.8. The summed E-state index contributed by atoms with van der Waals surface area (Å²) in [6.07, 6.45) is 2.57. The topological polar surface area (TPSA) is 64.4 Å². The van der Waals surface area contributed by atoms with Crippen molar-refractivity contribution in [1.82, 2.24) is 5.43 Å². The standard InChI is InChI=1S/C22H27N3O3/c1-16(23-24-22(26)17-6-9-20(27-2)10-7-17)18-8-11-21(28-3)19(14-18)15-25-12-4-5-13-25/h6-11,14H,4-5,12-13,15H2,1-3H3,(H,24,26)/p+1/b23-16-. The number of hydrazone groups is 1. The van der Waals surface area contributed by atoms with Crippen molar-refractivity contribution < 1.29 is 19.2 Å². The molecule has 2 N–H and O–H groups in total. The fourth-order valence-electron chi connectivity index (χ4n) is 3.47. The van der Waals surface area contributed by atoms with Crippen LogP contribution < -0.4 is 19.8 Å². The van der Waals surface area contributed by atoms with Gasteiger partial charge in [-0.05, 0) is 55.0 Å². The molecule has 1 heterocycles. The molecule has 0 aromatic heterocycles. The van der Waals surface area contributed by atoms with E-state index in [9.17, 15) is 4.79 Å². The molecule has 1 amide bonds. The van der Waals surface area contributed by atoms with Crippen LogP contribution >= 0.6 is 0 Å². The lowest BCUT2D eigenvalue weighted by molar-refractivity contribution is -0.901. The highest BCUT2D eigenvalue weighted by Crippen LogP contribution is 2.20. The molecule has 0 bridgehead atoms. The summed E-state index contributed by atoms with van der Waals surface area (Å²) in [4.78, 5) is 13.9. The fourth-order valence-corrected chi connectivity index (χ4v) is 3.47. The van der Waals surface area contributed by atoms with Crippen LogP contribution in [0.3, 0.4) is 0 Å². The lowest BCUT2D eigenvalue weighted by atomic mass is 10.1. The number of likely N-dealkylation sites (tertiary alicyclic amines) is 1. The number of hydrogen-bond donors (Lipinski definition) is 2. The number of carbonyl (C=O) groups excluding carboxylic acids is 1. The van der Waals surface area contributed by atoms with E-state index in [1.54, 1.807) is 43.4 Å². The van der Waals surface area contributed by atoms with Crippen molar-refractivity contribution in [2.24, 2.45) is 5.10 Å². The lowest BCUT2D eigenvalue weighted by Crippen LogP contribution is -3.08. The second-order valence-corrected chi connectivity index (χ2v) is 7.03. The fraction of sp³-hybridized carbons (Fsp3) is 0.364. The summed E-state index contributed by atoms with van der Waals surface area (Å²) in [5, 5.41) is 4.28. The average Bonchev–Trinajstić information content (AvgIpc) is 3.24. The van der Waals surface area contributed by atoms with E-state index in [1.165, 1.54) is 31.5 Å². The average molecular weight is 382 g/mol. The van der Waals surface area contributed by atoms with E-state index in [2.05, 4.69) is 16.6 Å². The highest BCUT2D eigenvalue weighted by atomic mass is 16.5. The third-order valence-electron chi connectivity index (χ3n) is 5.13. The van der Waals surface area contributed by atoms with Crippen molar-refractivity contribution in [3.05, 3.63) is 59.2 Å². The first-order chi connectivity index (χ1) is 13.6. The minimum absolute atomic E-state index is 0.253. The maximum atomic E-state index is 12.3. The Morgan fingerprint density at radius 2 is 1.71 bits per heavy atom. The van der Waals surface area contributed by atoms with Gasteiger partial charge in [0.25, 0.3) is 5.91 Å². The molecule has 0 spiro atoms. The van der Waals surface area contributed by atoms with Gasteiger partial charge in [0.1, 0.15) is 18.0 Å². The predicted octanol–water partition coefficient (Wildman–Crippen LogP) is 2.04. The number of methoxy groups -OCH3 is 2. The van der Waals surface area contributed by atoms with Gasteiger partial charge < -0.3 is 14.4 Å². The molecule has 0 atom stereocenters. The molecule has 0 aliphatic carbocycles. The van der Waals surface area contributed by atoms with Gasteiger partial charge in [-0.1, -0.05) is 0 Å².